The zero-order valence-electron chi connectivity index (χ0n) is 10.3. The Hall–Kier alpha value is -2.10. The number of carbonyl (C=O) groups is 1. The second kappa shape index (κ2) is 6.00. The van der Waals surface area contributed by atoms with Crippen molar-refractivity contribution in [3.63, 3.8) is 0 Å². The van der Waals surface area contributed by atoms with Crippen molar-refractivity contribution in [3.05, 3.63) is 36.5 Å². The molecule has 0 spiro atoms. The van der Waals surface area contributed by atoms with Gasteiger partial charge in [-0.1, -0.05) is 18.2 Å². The summed E-state index contributed by atoms with van der Waals surface area (Å²) in [5, 5.41) is 3.80. The third-order valence-electron chi connectivity index (χ3n) is 2.55. The SMILES string of the molecule is CC(=O)NCCCOc1cccc2cccnc12. The molecule has 1 aromatic carbocycles. The average Bonchev–Trinajstić information content (AvgIpc) is 2.38. The van der Waals surface area contributed by atoms with E-state index < -0.39 is 0 Å². The van der Waals surface area contributed by atoms with E-state index in [-0.39, 0.29) is 5.91 Å². The van der Waals surface area contributed by atoms with Gasteiger partial charge in [-0.05, 0) is 18.6 Å². The molecule has 1 amide bonds. The number of hydrogen-bond acceptors (Lipinski definition) is 3. The van der Waals surface area contributed by atoms with Gasteiger partial charge in [0.25, 0.3) is 0 Å². The highest BCUT2D eigenvalue weighted by atomic mass is 16.5. The van der Waals surface area contributed by atoms with Gasteiger partial charge in [-0.15, -0.1) is 0 Å². The summed E-state index contributed by atoms with van der Waals surface area (Å²) in [7, 11) is 0. The van der Waals surface area contributed by atoms with Gasteiger partial charge in [0.1, 0.15) is 11.3 Å². The van der Waals surface area contributed by atoms with Crippen molar-refractivity contribution in [2.45, 2.75) is 13.3 Å². The van der Waals surface area contributed by atoms with E-state index in [9.17, 15) is 4.79 Å². The Morgan fingerprint density at radius 3 is 3.00 bits per heavy atom. The number of aromatic nitrogens is 1. The van der Waals surface area contributed by atoms with Gasteiger partial charge in [0, 0.05) is 25.1 Å². The number of nitrogens with zero attached hydrogens (tertiary/aromatic N) is 1. The Morgan fingerprint density at radius 2 is 2.17 bits per heavy atom. The van der Waals surface area contributed by atoms with Crippen LogP contribution < -0.4 is 10.1 Å². The van der Waals surface area contributed by atoms with Crippen LogP contribution in [0.5, 0.6) is 5.75 Å². The van der Waals surface area contributed by atoms with E-state index in [1.807, 2.05) is 30.3 Å². The van der Waals surface area contributed by atoms with Crippen LogP contribution >= 0.6 is 0 Å². The quantitative estimate of drug-likeness (QED) is 0.820. The van der Waals surface area contributed by atoms with Gasteiger partial charge in [0.15, 0.2) is 0 Å². The smallest absolute Gasteiger partial charge is 0.216 e. The fraction of sp³-hybridized carbons (Fsp3) is 0.286. The van der Waals surface area contributed by atoms with E-state index in [2.05, 4.69) is 10.3 Å². The average molecular weight is 244 g/mol. The normalized spacial score (nSPS) is 10.3. The van der Waals surface area contributed by atoms with Crippen LogP contribution in [-0.4, -0.2) is 24.0 Å². The monoisotopic (exact) mass is 244 g/mol. The summed E-state index contributed by atoms with van der Waals surface area (Å²) in [4.78, 5) is 15.0. The van der Waals surface area contributed by atoms with Crippen LogP contribution in [0.25, 0.3) is 10.9 Å². The summed E-state index contributed by atoms with van der Waals surface area (Å²) in [5.41, 5.74) is 0.875. The van der Waals surface area contributed by atoms with Crippen molar-refractivity contribution in [3.8, 4) is 5.75 Å². The number of rotatable bonds is 5. The van der Waals surface area contributed by atoms with E-state index in [0.717, 1.165) is 23.1 Å². The van der Waals surface area contributed by atoms with Gasteiger partial charge < -0.3 is 10.1 Å². The van der Waals surface area contributed by atoms with Crippen LogP contribution in [0.1, 0.15) is 13.3 Å². The molecular formula is C14H16N2O2. The van der Waals surface area contributed by atoms with Gasteiger partial charge in [-0.3, -0.25) is 9.78 Å². The summed E-state index contributed by atoms with van der Waals surface area (Å²) in [6.45, 7) is 2.71. The van der Waals surface area contributed by atoms with Crippen molar-refractivity contribution < 1.29 is 9.53 Å². The Bertz CT molecular complexity index is 535. The molecule has 0 saturated heterocycles. The molecule has 0 fully saturated rings. The lowest BCUT2D eigenvalue weighted by Crippen LogP contribution is -2.22. The standard InChI is InChI=1S/C14H16N2O2/c1-11(17)15-9-4-10-18-13-7-2-5-12-6-3-8-16-14(12)13/h2-3,5-8H,4,9-10H2,1H3,(H,15,17). The lowest BCUT2D eigenvalue weighted by atomic mass is 10.2. The number of nitrogens with one attached hydrogen (secondary N) is 1. The molecule has 94 valence electrons. The molecule has 1 aromatic heterocycles. The third-order valence-corrected chi connectivity index (χ3v) is 2.55. The van der Waals surface area contributed by atoms with E-state index in [1.165, 1.54) is 6.92 Å². The van der Waals surface area contributed by atoms with Crippen LogP contribution in [0, 0.1) is 0 Å². The molecule has 0 aliphatic rings. The van der Waals surface area contributed by atoms with Gasteiger partial charge in [0.2, 0.25) is 5.91 Å². The molecule has 2 rings (SSSR count). The number of carbonyl (C=O) groups excluding carboxylic acids is 1. The molecule has 0 aliphatic carbocycles. The number of para-hydroxylation sites is 1. The van der Waals surface area contributed by atoms with Gasteiger partial charge >= 0.3 is 0 Å². The van der Waals surface area contributed by atoms with Crippen LogP contribution in [0.2, 0.25) is 0 Å². The maximum atomic E-state index is 10.7. The topological polar surface area (TPSA) is 51.2 Å². The van der Waals surface area contributed by atoms with E-state index in [1.54, 1.807) is 6.20 Å². The fourth-order valence-corrected chi connectivity index (χ4v) is 1.71. The largest absolute Gasteiger partial charge is 0.491 e. The lowest BCUT2D eigenvalue weighted by Gasteiger charge is -2.08. The molecule has 1 N–H and O–H groups in total. The zero-order chi connectivity index (χ0) is 12.8. The number of amides is 1. The molecule has 1 heterocycles. The summed E-state index contributed by atoms with van der Waals surface area (Å²) in [6, 6.07) is 9.78. The summed E-state index contributed by atoms with van der Waals surface area (Å²) in [5.74, 6) is 0.776. The molecule has 2 aromatic rings. The van der Waals surface area contributed by atoms with Gasteiger partial charge in [-0.25, -0.2) is 0 Å². The van der Waals surface area contributed by atoms with Gasteiger partial charge in [0.05, 0.1) is 6.61 Å². The Kier molecular flexibility index (Phi) is 4.12. The number of benzene rings is 1. The molecule has 0 atom stereocenters. The highest BCUT2D eigenvalue weighted by molar-refractivity contribution is 5.84. The van der Waals surface area contributed by atoms with Crippen molar-refractivity contribution in [2.24, 2.45) is 0 Å². The van der Waals surface area contributed by atoms with E-state index >= 15 is 0 Å². The second-order valence-corrected chi connectivity index (χ2v) is 4.02. The van der Waals surface area contributed by atoms with Crippen molar-refractivity contribution in [1.29, 1.82) is 0 Å². The predicted octanol–water partition coefficient (Wildman–Crippen LogP) is 2.14. The van der Waals surface area contributed by atoms with E-state index in [0.29, 0.717) is 13.2 Å². The molecule has 0 radical (unpaired) electrons. The first kappa shape index (κ1) is 12.4. The minimum atomic E-state index is -0.0122. The predicted molar refractivity (Wildman–Crippen MR) is 70.5 cm³/mol. The zero-order valence-corrected chi connectivity index (χ0v) is 10.3. The summed E-state index contributed by atoms with van der Waals surface area (Å²) >= 11 is 0. The summed E-state index contributed by atoms with van der Waals surface area (Å²) in [6.07, 6.45) is 2.54. The first-order valence-corrected chi connectivity index (χ1v) is 5.98. The Balaban J connectivity index is 1.93. The molecule has 0 unspecified atom stereocenters. The van der Waals surface area contributed by atoms with Gasteiger partial charge in [-0.2, -0.15) is 0 Å². The minimum Gasteiger partial charge on any atom is -0.491 e. The minimum absolute atomic E-state index is 0.0122. The Morgan fingerprint density at radius 1 is 1.33 bits per heavy atom. The first-order valence-electron chi connectivity index (χ1n) is 5.98. The number of ether oxygens (including phenoxy) is 1. The summed E-state index contributed by atoms with van der Waals surface area (Å²) < 4.78 is 5.69. The number of pyridine rings is 1. The number of fused-ring (bicyclic) bond motifs is 1. The fourth-order valence-electron chi connectivity index (χ4n) is 1.71. The van der Waals surface area contributed by atoms with Crippen molar-refractivity contribution in [1.82, 2.24) is 10.3 Å². The molecule has 4 nitrogen and oxygen atoms in total. The van der Waals surface area contributed by atoms with Crippen LogP contribution in [-0.2, 0) is 4.79 Å². The molecule has 0 aliphatic heterocycles. The molecule has 0 bridgehead atoms. The highest BCUT2D eigenvalue weighted by Crippen LogP contribution is 2.22. The first-order chi connectivity index (χ1) is 8.77. The maximum absolute atomic E-state index is 10.7. The Labute approximate surface area is 106 Å². The molecule has 4 heteroatoms. The second-order valence-electron chi connectivity index (χ2n) is 4.02. The van der Waals surface area contributed by atoms with E-state index in [4.69, 9.17) is 4.74 Å². The van der Waals surface area contributed by atoms with Crippen LogP contribution in [0.15, 0.2) is 36.5 Å². The molecular weight excluding hydrogens is 228 g/mol. The van der Waals surface area contributed by atoms with Crippen LogP contribution in [0.4, 0.5) is 0 Å². The molecule has 0 saturated carbocycles. The lowest BCUT2D eigenvalue weighted by molar-refractivity contribution is -0.118. The van der Waals surface area contributed by atoms with Crippen LogP contribution in [0.3, 0.4) is 0 Å². The van der Waals surface area contributed by atoms with Crippen molar-refractivity contribution >= 4 is 16.8 Å². The molecule has 18 heavy (non-hydrogen) atoms. The number of hydrogen-bond donors (Lipinski definition) is 1. The highest BCUT2D eigenvalue weighted by Gasteiger charge is 2.02. The van der Waals surface area contributed by atoms with Crippen molar-refractivity contribution in [2.75, 3.05) is 13.2 Å². The third kappa shape index (κ3) is 3.20. The maximum Gasteiger partial charge on any atom is 0.216 e.